The molecule has 0 aromatic carbocycles. The van der Waals surface area contributed by atoms with Crippen LogP contribution in [0.4, 0.5) is 10.7 Å². The smallest absolute Gasteiger partial charge is 0.183 e. The number of carbonyl (C=O) groups is 1. The summed E-state index contributed by atoms with van der Waals surface area (Å²) in [7, 11) is -1.58. The van der Waals surface area contributed by atoms with Gasteiger partial charge < -0.3 is 10.6 Å². The number of nitrogens with two attached hydrogens (primary N) is 1. The molecule has 1 saturated carbocycles. The summed E-state index contributed by atoms with van der Waals surface area (Å²) in [6.07, 6.45) is 2.69. The van der Waals surface area contributed by atoms with Gasteiger partial charge in [-0.25, -0.2) is 8.42 Å². The zero-order chi connectivity index (χ0) is 15.8. The Morgan fingerprint density at radius 1 is 1.38 bits per heavy atom. The number of sulfone groups is 1. The topological polar surface area (TPSA) is 80.5 Å². The zero-order valence-electron chi connectivity index (χ0n) is 12.7. The number of rotatable bonds is 7. The molecule has 2 N–H and O–H groups in total. The van der Waals surface area contributed by atoms with Gasteiger partial charge in [-0.05, 0) is 18.8 Å². The molecule has 0 radical (unpaired) electrons. The molecule has 1 aromatic heterocycles. The Bertz CT molecular complexity index is 645. The van der Waals surface area contributed by atoms with E-state index in [4.69, 9.17) is 5.73 Å². The number of nitrogens with zero attached hydrogens (tertiary/aromatic N) is 1. The van der Waals surface area contributed by atoms with E-state index < -0.39 is 9.84 Å². The van der Waals surface area contributed by atoms with E-state index in [0.29, 0.717) is 22.2 Å². The highest BCUT2D eigenvalue weighted by molar-refractivity contribution is 7.92. The van der Waals surface area contributed by atoms with Crippen LogP contribution in [0.25, 0.3) is 0 Å². The average Bonchev–Trinajstić information content (AvgIpc) is 3.18. The molecule has 1 aliphatic carbocycles. The Morgan fingerprint density at radius 3 is 2.48 bits per heavy atom. The minimum Gasteiger partial charge on any atom is -0.396 e. The number of anilines is 2. The van der Waals surface area contributed by atoms with E-state index in [1.807, 2.05) is 11.9 Å². The fourth-order valence-electron chi connectivity index (χ4n) is 2.25. The van der Waals surface area contributed by atoms with Crippen molar-refractivity contribution in [2.24, 2.45) is 5.92 Å². The normalized spacial score (nSPS) is 15.2. The second kappa shape index (κ2) is 5.96. The molecule has 0 bridgehead atoms. The van der Waals surface area contributed by atoms with Gasteiger partial charge in [0.25, 0.3) is 0 Å². The van der Waals surface area contributed by atoms with Gasteiger partial charge in [0.1, 0.15) is 9.90 Å². The molecule has 1 aliphatic rings. The second-order valence-electron chi connectivity index (χ2n) is 5.48. The number of hydrogen-bond acceptors (Lipinski definition) is 6. The van der Waals surface area contributed by atoms with Crippen LogP contribution in [0, 0.1) is 5.92 Å². The quantitative estimate of drug-likeness (QED) is 0.777. The minimum absolute atomic E-state index is 0.0159. The highest BCUT2D eigenvalue weighted by Gasteiger charge is 2.31. The van der Waals surface area contributed by atoms with Crippen molar-refractivity contribution in [3.8, 4) is 0 Å². The van der Waals surface area contributed by atoms with Gasteiger partial charge in [0.15, 0.2) is 15.6 Å². The first-order valence-corrected chi connectivity index (χ1v) is 9.68. The van der Waals surface area contributed by atoms with E-state index in [2.05, 4.69) is 0 Å². The van der Waals surface area contributed by atoms with E-state index in [1.165, 1.54) is 24.2 Å². The van der Waals surface area contributed by atoms with E-state index >= 15 is 0 Å². The molecule has 118 valence electrons. The Balaban J connectivity index is 2.52. The van der Waals surface area contributed by atoms with Crippen molar-refractivity contribution < 1.29 is 13.2 Å². The standard InChI is InChI=1S/C14H22N2O3S2/c1-4-10(17)12-11(15)13(21(18,19)5-2)14(20-12)16(3)8-9-6-7-9/h9H,4-8,15H2,1-3H3. The monoisotopic (exact) mass is 330 g/mol. The van der Waals surface area contributed by atoms with Gasteiger partial charge >= 0.3 is 0 Å². The Morgan fingerprint density at radius 2 is 2.00 bits per heavy atom. The second-order valence-corrected chi connectivity index (χ2v) is 8.70. The third-order valence-electron chi connectivity index (χ3n) is 3.72. The number of nitrogen functional groups attached to an aromatic ring is 1. The van der Waals surface area contributed by atoms with Crippen LogP contribution >= 0.6 is 11.3 Å². The van der Waals surface area contributed by atoms with Crippen molar-refractivity contribution >= 4 is 37.6 Å². The maximum Gasteiger partial charge on any atom is 0.183 e. The molecule has 0 spiro atoms. The van der Waals surface area contributed by atoms with Crippen molar-refractivity contribution in [1.29, 1.82) is 0 Å². The fourth-order valence-corrected chi connectivity index (χ4v) is 5.07. The van der Waals surface area contributed by atoms with Gasteiger partial charge in [-0.3, -0.25) is 4.79 Å². The molecular formula is C14H22N2O3S2. The van der Waals surface area contributed by atoms with Gasteiger partial charge in [-0.2, -0.15) is 0 Å². The Labute approximate surface area is 130 Å². The zero-order valence-corrected chi connectivity index (χ0v) is 14.3. The molecule has 0 amide bonds. The average molecular weight is 330 g/mol. The maximum atomic E-state index is 12.4. The van der Waals surface area contributed by atoms with E-state index in [0.717, 1.165) is 6.54 Å². The summed E-state index contributed by atoms with van der Waals surface area (Å²) in [5, 5.41) is 0.609. The number of hydrogen-bond donors (Lipinski definition) is 1. The lowest BCUT2D eigenvalue weighted by atomic mass is 10.2. The molecule has 1 fully saturated rings. The van der Waals surface area contributed by atoms with Crippen LogP contribution in [0.5, 0.6) is 0 Å². The number of ketones is 1. The minimum atomic E-state index is -3.45. The lowest BCUT2D eigenvalue weighted by Gasteiger charge is -2.18. The molecule has 1 heterocycles. The molecule has 0 saturated heterocycles. The highest BCUT2D eigenvalue weighted by atomic mass is 32.2. The van der Waals surface area contributed by atoms with Crippen molar-refractivity contribution in [2.45, 2.75) is 38.0 Å². The first-order valence-electron chi connectivity index (χ1n) is 7.21. The first-order chi connectivity index (χ1) is 9.81. The number of Topliss-reactive ketones (excluding diaryl/α,β-unsaturated/α-hetero) is 1. The molecule has 5 nitrogen and oxygen atoms in total. The summed E-state index contributed by atoms with van der Waals surface area (Å²) in [6, 6.07) is 0. The predicted octanol–water partition coefficient (Wildman–Crippen LogP) is 2.56. The summed E-state index contributed by atoms with van der Waals surface area (Å²) < 4.78 is 24.7. The molecule has 2 rings (SSSR count). The van der Waals surface area contributed by atoms with Gasteiger partial charge in [0, 0.05) is 20.0 Å². The largest absolute Gasteiger partial charge is 0.396 e. The summed E-state index contributed by atoms with van der Waals surface area (Å²) >= 11 is 1.21. The molecule has 21 heavy (non-hydrogen) atoms. The van der Waals surface area contributed by atoms with Gasteiger partial charge in [0.05, 0.1) is 16.3 Å². The fraction of sp³-hybridized carbons (Fsp3) is 0.643. The third kappa shape index (κ3) is 3.23. The van der Waals surface area contributed by atoms with Gasteiger partial charge in [0.2, 0.25) is 0 Å². The molecule has 0 unspecified atom stereocenters. The number of thiophene rings is 1. The lowest BCUT2D eigenvalue weighted by molar-refractivity contribution is 0.0992. The van der Waals surface area contributed by atoms with Crippen molar-refractivity contribution in [3.63, 3.8) is 0 Å². The molecule has 0 aliphatic heterocycles. The van der Waals surface area contributed by atoms with Crippen LogP contribution in [-0.4, -0.2) is 33.5 Å². The van der Waals surface area contributed by atoms with E-state index in [9.17, 15) is 13.2 Å². The van der Waals surface area contributed by atoms with Crippen LogP contribution in [-0.2, 0) is 9.84 Å². The maximum absolute atomic E-state index is 12.4. The van der Waals surface area contributed by atoms with E-state index in [-0.39, 0.29) is 22.1 Å². The molecule has 7 heteroatoms. The Kier molecular flexibility index (Phi) is 4.63. The lowest BCUT2D eigenvalue weighted by Crippen LogP contribution is -2.21. The van der Waals surface area contributed by atoms with Gasteiger partial charge in [-0.1, -0.05) is 13.8 Å². The summed E-state index contributed by atoms with van der Waals surface area (Å²) in [5.41, 5.74) is 6.14. The molecular weight excluding hydrogens is 308 g/mol. The van der Waals surface area contributed by atoms with Crippen LogP contribution < -0.4 is 10.6 Å². The summed E-state index contributed by atoms with van der Waals surface area (Å²) in [6.45, 7) is 4.16. The Hall–Kier alpha value is -1.08. The van der Waals surface area contributed by atoms with Crippen molar-refractivity contribution in [3.05, 3.63) is 4.88 Å². The first kappa shape index (κ1) is 16.3. The third-order valence-corrected chi connectivity index (χ3v) is 7.01. The van der Waals surface area contributed by atoms with Crippen LogP contribution in [0.2, 0.25) is 0 Å². The van der Waals surface area contributed by atoms with Crippen molar-refractivity contribution in [1.82, 2.24) is 0 Å². The number of carbonyl (C=O) groups excluding carboxylic acids is 1. The van der Waals surface area contributed by atoms with Crippen LogP contribution in [0.3, 0.4) is 0 Å². The summed E-state index contributed by atoms with van der Waals surface area (Å²) in [4.78, 5) is 14.5. The van der Waals surface area contributed by atoms with Gasteiger partial charge in [-0.15, -0.1) is 11.3 Å². The summed E-state index contributed by atoms with van der Waals surface area (Å²) in [5.74, 6) is 0.509. The SMILES string of the molecule is CCC(=O)c1sc(N(C)CC2CC2)c(S(=O)(=O)CC)c1N. The van der Waals surface area contributed by atoms with Crippen LogP contribution in [0.15, 0.2) is 4.90 Å². The highest BCUT2D eigenvalue weighted by Crippen LogP contribution is 2.43. The molecule has 1 aromatic rings. The predicted molar refractivity (Wildman–Crippen MR) is 87.1 cm³/mol. The van der Waals surface area contributed by atoms with E-state index in [1.54, 1.807) is 13.8 Å². The van der Waals surface area contributed by atoms with Crippen molar-refractivity contribution in [2.75, 3.05) is 30.0 Å². The molecule has 0 atom stereocenters. The van der Waals surface area contributed by atoms with Crippen LogP contribution in [0.1, 0.15) is 42.8 Å².